The highest BCUT2D eigenvalue weighted by molar-refractivity contribution is 5.80. The summed E-state index contributed by atoms with van der Waals surface area (Å²) >= 11 is 0. The van der Waals surface area contributed by atoms with Crippen molar-refractivity contribution in [2.24, 2.45) is 5.92 Å². The van der Waals surface area contributed by atoms with E-state index in [1.54, 1.807) is 0 Å². The van der Waals surface area contributed by atoms with Gasteiger partial charge in [-0.25, -0.2) is 0 Å². The van der Waals surface area contributed by atoms with Gasteiger partial charge in [-0.15, -0.1) is 0 Å². The number of hydrogen-bond donors (Lipinski definition) is 0. The summed E-state index contributed by atoms with van der Waals surface area (Å²) in [5.41, 5.74) is 4.02. The topological polar surface area (TPSA) is 71.1 Å². The quantitative estimate of drug-likeness (QED) is 0.277. The molecule has 2 rings (SSSR count). The minimum Gasteiger partial charge on any atom is -0.490 e. The molecule has 0 saturated heterocycles. The predicted molar refractivity (Wildman–Crippen MR) is 120 cm³/mol. The average Bonchev–Trinajstić information content (AvgIpc) is 2.73. The van der Waals surface area contributed by atoms with Gasteiger partial charge in [-0.3, -0.25) is 9.59 Å². The monoisotopic (exact) mass is 434 g/mol. The molecule has 0 bridgehead atoms. The highest BCUT2D eigenvalue weighted by atomic mass is 16.6. The number of esters is 2. The van der Waals surface area contributed by atoms with Crippen LogP contribution in [0.25, 0.3) is 0 Å². The van der Waals surface area contributed by atoms with Gasteiger partial charge in [0.1, 0.15) is 18.1 Å². The normalized spacial score (nSPS) is 15.4. The molecule has 1 aromatic rings. The van der Waals surface area contributed by atoms with E-state index in [0.29, 0.717) is 18.3 Å². The molecular formula is C25H38O6. The summed E-state index contributed by atoms with van der Waals surface area (Å²) in [6.45, 7) is 11.0. The molecule has 1 unspecified atom stereocenters. The van der Waals surface area contributed by atoms with Crippen LogP contribution in [0.5, 0.6) is 11.5 Å². The van der Waals surface area contributed by atoms with Gasteiger partial charge in [-0.2, -0.15) is 0 Å². The van der Waals surface area contributed by atoms with Gasteiger partial charge in [-0.05, 0) is 69.1 Å². The van der Waals surface area contributed by atoms with Crippen molar-refractivity contribution >= 4 is 11.9 Å². The van der Waals surface area contributed by atoms with E-state index in [-0.39, 0.29) is 25.6 Å². The lowest BCUT2D eigenvalue weighted by Gasteiger charge is -2.30. The molecule has 31 heavy (non-hydrogen) atoms. The molecule has 174 valence electrons. The van der Waals surface area contributed by atoms with E-state index in [4.69, 9.17) is 18.9 Å². The Morgan fingerprint density at radius 1 is 1.03 bits per heavy atom. The second-order valence-electron chi connectivity index (χ2n) is 8.80. The number of benzene rings is 1. The Balaban J connectivity index is 2.01. The standard InChI is InChI=1S/C25H38O6/c1-16(2)8-7-9-20-10-11-21-19(5)24(17(3)18(4)25(21)30-20)31-23(27)13-12-22(26)29-15-14-28-6/h16,20H,7-15H2,1-6H3. The molecule has 6 heteroatoms. The van der Waals surface area contributed by atoms with Gasteiger partial charge in [0.2, 0.25) is 0 Å². The zero-order valence-corrected chi connectivity index (χ0v) is 20.0. The van der Waals surface area contributed by atoms with Crippen LogP contribution in [0, 0.1) is 26.7 Å². The molecule has 1 heterocycles. The lowest BCUT2D eigenvalue weighted by molar-refractivity contribution is -0.147. The lowest BCUT2D eigenvalue weighted by Crippen LogP contribution is -2.25. The Labute approximate surface area is 186 Å². The second-order valence-corrected chi connectivity index (χ2v) is 8.80. The van der Waals surface area contributed by atoms with Crippen molar-refractivity contribution in [3.8, 4) is 11.5 Å². The summed E-state index contributed by atoms with van der Waals surface area (Å²) in [4.78, 5) is 24.1. The van der Waals surface area contributed by atoms with Crippen LogP contribution in [0.3, 0.4) is 0 Å². The Morgan fingerprint density at radius 2 is 1.74 bits per heavy atom. The van der Waals surface area contributed by atoms with E-state index in [1.165, 1.54) is 20.0 Å². The minimum atomic E-state index is -0.433. The number of ether oxygens (including phenoxy) is 4. The first kappa shape index (κ1) is 25.2. The van der Waals surface area contributed by atoms with Crippen LogP contribution in [0.2, 0.25) is 0 Å². The average molecular weight is 435 g/mol. The molecule has 6 nitrogen and oxygen atoms in total. The number of carbonyl (C=O) groups is 2. The maximum atomic E-state index is 12.4. The Hall–Kier alpha value is -2.08. The zero-order valence-electron chi connectivity index (χ0n) is 20.0. The van der Waals surface area contributed by atoms with Crippen LogP contribution in [-0.4, -0.2) is 38.4 Å². The van der Waals surface area contributed by atoms with Crippen LogP contribution in [0.15, 0.2) is 0 Å². The number of carbonyl (C=O) groups excluding carboxylic acids is 2. The number of methoxy groups -OCH3 is 1. The van der Waals surface area contributed by atoms with Gasteiger partial charge in [0.05, 0.1) is 25.6 Å². The summed E-state index contributed by atoms with van der Waals surface area (Å²) in [5.74, 6) is 1.40. The van der Waals surface area contributed by atoms with Gasteiger partial charge < -0.3 is 18.9 Å². The Bertz CT molecular complexity index is 768. The van der Waals surface area contributed by atoms with E-state index in [0.717, 1.165) is 47.3 Å². The minimum absolute atomic E-state index is 0.00820. The third-order valence-corrected chi connectivity index (χ3v) is 5.92. The summed E-state index contributed by atoms with van der Waals surface area (Å²) in [6, 6.07) is 0. The Kier molecular flexibility index (Phi) is 9.82. The Morgan fingerprint density at radius 3 is 2.42 bits per heavy atom. The molecule has 0 amide bonds. The molecule has 1 aliphatic heterocycles. The summed E-state index contributed by atoms with van der Waals surface area (Å²) in [7, 11) is 1.54. The van der Waals surface area contributed by atoms with E-state index in [9.17, 15) is 9.59 Å². The summed E-state index contributed by atoms with van der Waals surface area (Å²) < 4.78 is 21.9. The predicted octanol–water partition coefficient (Wildman–Crippen LogP) is 5.01. The van der Waals surface area contributed by atoms with Crippen LogP contribution in [0.1, 0.15) is 74.6 Å². The van der Waals surface area contributed by atoms with Crippen molar-refractivity contribution in [2.75, 3.05) is 20.3 Å². The molecule has 1 aliphatic rings. The molecule has 0 radical (unpaired) electrons. The lowest BCUT2D eigenvalue weighted by atomic mass is 9.90. The molecule has 0 saturated carbocycles. The van der Waals surface area contributed by atoms with Crippen molar-refractivity contribution in [3.63, 3.8) is 0 Å². The largest absolute Gasteiger partial charge is 0.490 e. The van der Waals surface area contributed by atoms with Crippen LogP contribution < -0.4 is 9.47 Å². The summed E-state index contributed by atoms with van der Waals surface area (Å²) in [6.07, 6.45) is 5.60. The van der Waals surface area contributed by atoms with Crippen LogP contribution in [0.4, 0.5) is 0 Å². The van der Waals surface area contributed by atoms with E-state index in [2.05, 4.69) is 13.8 Å². The molecular weight excluding hydrogens is 396 g/mol. The molecule has 0 fully saturated rings. The molecule has 0 aromatic heterocycles. The van der Waals surface area contributed by atoms with Gasteiger partial charge in [0.25, 0.3) is 0 Å². The number of fused-ring (bicyclic) bond motifs is 1. The van der Waals surface area contributed by atoms with E-state index >= 15 is 0 Å². The highest BCUT2D eigenvalue weighted by Gasteiger charge is 2.27. The fraction of sp³-hybridized carbons (Fsp3) is 0.680. The van der Waals surface area contributed by atoms with Crippen molar-refractivity contribution < 1.29 is 28.5 Å². The van der Waals surface area contributed by atoms with Gasteiger partial charge in [0, 0.05) is 12.7 Å². The number of rotatable bonds is 11. The van der Waals surface area contributed by atoms with Crippen molar-refractivity contribution in [1.82, 2.24) is 0 Å². The third-order valence-electron chi connectivity index (χ3n) is 5.92. The second kappa shape index (κ2) is 12.1. The van der Waals surface area contributed by atoms with Crippen molar-refractivity contribution in [2.45, 2.75) is 85.7 Å². The fourth-order valence-corrected chi connectivity index (χ4v) is 3.94. The molecule has 0 spiro atoms. The van der Waals surface area contributed by atoms with Crippen LogP contribution in [-0.2, 0) is 25.5 Å². The van der Waals surface area contributed by atoms with Crippen molar-refractivity contribution in [1.29, 1.82) is 0 Å². The number of hydrogen-bond acceptors (Lipinski definition) is 6. The first-order chi connectivity index (χ1) is 14.7. The molecule has 0 N–H and O–H groups in total. The fourth-order valence-electron chi connectivity index (χ4n) is 3.94. The zero-order chi connectivity index (χ0) is 23.0. The third kappa shape index (κ3) is 7.23. The van der Waals surface area contributed by atoms with E-state index < -0.39 is 11.9 Å². The van der Waals surface area contributed by atoms with Crippen LogP contribution >= 0.6 is 0 Å². The van der Waals surface area contributed by atoms with Crippen molar-refractivity contribution in [3.05, 3.63) is 22.3 Å². The highest BCUT2D eigenvalue weighted by Crippen LogP contribution is 2.42. The first-order valence-electron chi connectivity index (χ1n) is 11.4. The molecule has 1 aromatic carbocycles. The van der Waals surface area contributed by atoms with Gasteiger partial charge in [0.15, 0.2) is 0 Å². The molecule has 0 aliphatic carbocycles. The van der Waals surface area contributed by atoms with Gasteiger partial charge >= 0.3 is 11.9 Å². The smallest absolute Gasteiger partial charge is 0.311 e. The molecule has 1 atom stereocenters. The SMILES string of the molecule is COCCOC(=O)CCC(=O)Oc1c(C)c(C)c2c(c1C)CCC(CCCC(C)C)O2. The van der Waals surface area contributed by atoms with Gasteiger partial charge in [-0.1, -0.05) is 20.3 Å². The maximum Gasteiger partial charge on any atom is 0.311 e. The maximum absolute atomic E-state index is 12.4. The van der Waals surface area contributed by atoms with E-state index in [1.807, 2.05) is 20.8 Å². The first-order valence-corrected chi connectivity index (χ1v) is 11.4. The summed E-state index contributed by atoms with van der Waals surface area (Å²) in [5, 5.41) is 0.